The van der Waals surface area contributed by atoms with Gasteiger partial charge in [0.05, 0.1) is 31.8 Å². The van der Waals surface area contributed by atoms with Gasteiger partial charge in [-0.15, -0.1) is 11.3 Å². The molecule has 1 aliphatic heterocycles. The largest absolute Gasteiger partial charge is 0.469 e. The molecule has 0 bridgehead atoms. The number of nitrogens with one attached hydrogen (secondary N) is 1. The standard InChI is InChI=1S/C28H33N3O3S/c1-18(2)19-10-12-20(13-11-19)26-23-8-6-16-30(23)27-22(21-7-4-5-9-24(21)35-27)17-31(26)28(33)29-15-14-25(32)34-3/h6,8,10-13,16,18,26H,4-5,7,9,14-15,17H2,1-3H3,(H,29,33)/t26-/m0/s1. The van der Waals surface area contributed by atoms with Gasteiger partial charge in [0.15, 0.2) is 0 Å². The average Bonchev–Trinajstić information content (AvgIpc) is 3.45. The third-order valence-corrected chi connectivity index (χ3v) is 8.53. The summed E-state index contributed by atoms with van der Waals surface area (Å²) in [5, 5.41) is 4.22. The molecule has 2 amide bonds. The molecule has 1 N–H and O–H groups in total. The van der Waals surface area contributed by atoms with Crippen LogP contribution in [0.15, 0.2) is 42.6 Å². The second kappa shape index (κ2) is 9.90. The van der Waals surface area contributed by atoms with Crippen LogP contribution in [0.25, 0.3) is 5.00 Å². The van der Waals surface area contributed by atoms with Gasteiger partial charge in [-0.05, 0) is 60.4 Å². The summed E-state index contributed by atoms with van der Waals surface area (Å²) in [6, 6.07) is 12.5. The smallest absolute Gasteiger partial charge is 0.318 e. The van der Waals surface area contributed by atoms with Crippen molar-refractivity contribution in [3.63, 3.8) is 0 Å². The number of fused-ring (bicyclic) bond motifs is 5. The molecule has 1 aliphatic carbocycles. The lowest BCUT2D eigenvalue weighted by molar-refractivity contribution is -0.140. The minimum absolute atomic E-state index is 0.152. The molecular weight excluding hydrogens is 458 g/mol. The van der Waals surface area contributed by atoms with Crippen molar-refractivity contribution in [3.8, 4) is 5.00 Å². The maximum atomic E-state index is 13.7. The molecule has 0 radical (unpaired) electrons. The maximum absolute atomic E-state index is 13.7. The van der Waals surface area contributed by atoms with Crippen molar-refractivity contribution in [2.45, 2.75) is 64.5 Å². The molecule has 7 heteroatoms. The van der Waals surface area contributed by atoms with Gasteiger partial charge >= 0.3 is 12.0 Å². The molecule has 0 spiro atoms. The number of ether oxygens (including phenoxy) is 1. The molecule has 0 fully saturated rings. The van der Waals surface area contributed by atoms with E-state index in [0.29, 0.717) is 12.5 Å². The number of carbonyl (C=O) groups excluding carboxylic acids is 2. The first-order valence-electron chi connectivity index (χ1n) is 12.5. The van der Waals surface area contributed by atoms with Crippen molar-refractivity contribution < 1.29 is 14.3 Å². The zero-order chi connectivity index (χ0) is 24.5. The molecule has 35 heavy (non-hydrogen) atoms. The number of benzene rings is 1. The highest BCUT2D eigenvalue weighted by Crippen LogP contribution is 2.44. The van der Waals surface area contributed by atoms with E-state index in [1.54, 1.807) is 0 Å². The van der Waals surface area contributed by atoms with Gasteiger partial charge in [-0.3, -0.25) is 4.79 Å². The van der Waals surface area contributed by atoms with E-state index in [-0.39, 0.29) is 31.0 Å². The van der Waals surface area contributed by atoms with E-state index in [2.05, 4.69) is 66.3 Å². The second-order valence-corrected chi connectivity index (χ2v) is 10.8. The van der Waals surface area contributed by atoms with Crippen LogP contribution in [-0.4, -0.2) is 35.1 Å². The minimum Gasteiger partial charge on any atom is -0.469 e. The first kappa shape index (κ1) is 23.7. The summed E-state index contributed by atoms with van der Waals surface area (Å²) in [7, 11) is 1.37. The van der Waals surface area contributed by atoms with Gasteiger partial charge in [0.2, 0.25) is 0 Å². The van der Waals surface area contributed by atoms with E-state index in [9.17, 15) is 9.59 Å². The molecule has 3 heterocycles. The number of amides is 2. The molecule has 3 aromatic rings. The lowest BCUT2D eigenvalue weighted by atomic mass is 9.94. The minimum atomic E-state index is -0.329. The Kier molecular flexibility index (Phi) is 6.69. The fourth-order valence-electron chi connectivity index (χ4n) is 5.28. The lowest BCUT2D eigenvalue weighted by Crippen LogP contribution is -2.42. The number of methoxy groups -OCH3 is 1. The van der Waals surface area contributed by atoms with E-state index in [1.807, 2.05) is 16.2 Å². The van der Waals surface area contributed by atoms with Crippen molar-refractivity contribution >= 4 is 23.3 Å². The summed E-state index contributed by atoms with van der Waals surface area (Å²) in [5.74, 6) is 0.114. The highest BCUT2D eigenvalue weighted by Gasteiger charge is 2.36. The van der Waals surface area contributed by atoms with Crippen LogP contribution < -0.4 is 5.32 Å². The summed E-state index contributed by atoms with van der Waals surface area (Å²) >= 11 is 1.88. The second-order valence-electron chi connectivity index (χ2n) is 9.71. The summed E-state index contributed by atoms with van der Waals surface area (Å²) in [5.41, 5.74) is 6.15. The van der Waals surface area contributed by atoms with Crippen molar-refractivity contribution in [3.05, 3.63) is 75.4 Å². The Labute approximate surface area is 210 Å². The third kappa shape index (κ3) is 4.49. The number of aryl methyl sites for hydroxylation is 1. The fourth-order valence-corrected chi connectivity index (χ4v) is 6.68. The van der Waals surface area contributed by atoms with Crippen LogP contribution >= 0.6 is 11.3 Å². The van der Waals surface area contributed by atoms with Crippen molar-refractivity contribution in [2.24, 2.45) is 0 Å². The van der Waals surface area contributed by atoms with Crippen molar-refractivity contribution in [1.29, 1.82) is 0 Å². The first-order chi connectivity index (χ1) is 17.0. The molecule has 0 saturated heterocycles. The lowest BCUT2D eigenvalue weighted by Gasteiger charge is -2.31. The van der Waals surface area contributed by atoms with Gasteiger partial charge in [-0.2, -0.15) is 0 Å². The van der Waals surface area contributed by atoms with Crippen LogP contribution in [0.4, 0.5) is 4.79 Å². The summed E-state index contributed by atoms with van der Waals surface area (Å²) in [4.78, 5) is 28.7. The van der Waals surface area contributed by atoms with Gasteiger partial charge in [0.25, 0.3) is 0 Å². The monoisotopic (exact) mass is 491 g/mol. The first-order valence-corrected chi connectivity index (χ1v) is 13.3. The number of nitrogens with zero attached hydrogens (tertiary/aromatic N) is 2. The Bertz CT molecular complexity index is 1220. The van der Waals surface area contributed by atoms with Crippen LogP contribution in [0.3, 0.4) is 0 Å². The molecule has 2 aliphatic rings. The molecule has 5 rings (SSSR count). The summed E-state index contributed by atoms with van der Waals surface area (Å²) < 4.78 is 7.04. The number of hydrogen-bond donors (Lipinski definition) is 1. The highest BCUT2D eigenvalue weighted by molar-refractivity contribution is 7.15. The van der Waals surface area contributed by atoms with Gasteiger partial charge < -0.3 is 19.5 Å². The van der Waals surface area contributed by atoms with Crippen LogP contribution in [-0.2, 0) is 28.9 Å². The molecule has 1 atom stereocenters. The number of thiophene rings is 1. The van der Waals surface area contributed by atoms with E-state index < -0.39 is 0 Å². The van der Waals surface area contributed by atoms with E-state index >= 15 is 0 Å². The maximum Gasteiger partial charge on any atom is 0.318 e. The molecular formula is C28H33N3O3S. The molecule has 6 nitrogen and oxygen atoms in total. The summed E-state index contributed by atoms with van der Waals surface area (Å²) in [6.07, 6.45) is 6.90. The van der Waals surface area contributed by atoms with E-state index in [4.69, 9.17) is 4.74 Å². The average molecular weight is 492 g/mol. The number of carbonyl (C=O) groups is 2. The number of rotatable bonds is 5. The molecule has 0 saturated carbocycles. The Morgan fingerprint density at radius 2 is 1.89 bits per heavy atom. The Hall–Kier alpha value is -3.06. The van der Waals surface area contributed by atoms with Crippen molar-refractivity contribution in [1.82, 2.24) is 14.8 Å². The molecule has 1 aromatic carbocycles. The van der Waals surface area contributed by atoms with Crippen LogP contribution in [0, 0.1) is 0 Å². The summed E-state index contributed by atoms with van der Waals surface area (Å²) in [6.45, 7) is 5.17. The van der Waals surface area contributed by atoms with Crippen molar-refractivity contribution in [2.75, 3.05) is 13.7 Å². The van der Waals surface area contributed by atoms with Crippen LogP contribution in [0.1, 0.15) is 77.9 Å². The zero-order valence-electron chi connectivity index (χ0n) is 20.7. The molecule has 2 aromatic heterocycles. The quantitative estimate of drug-likeness (QED) is 0.465. The predicted molar refractivity (Wildman–Crippen MR) is 138 cm³/mol. The number of esters is 1. The van der Waals surface area contributed by atoms with Crippen LogP contribution in [0.2, 0.25) is 0 Å². The Morgan fingerprint density at radius 1 is 1.11 bits per heavy atom. The van der Waals surface area contributed by atoms with E-state index in [0.717, 1.165) is 24.1 Å². The molecule has 0 unspecified atom stereocenters. The number of hydrogen-bond acceptors (Lipinski definition) is 4. The normalized spacial score (nSPS) is 16.8. The zero-order valence-corrected chi connectivity index (χ0v) is 21.5. The SMILES string of the molecule is COC(=O)CCNC(=O)N1Cc2c(sc3c2CCCC3)-n2cccc2[C@@H]1c1ccc(C(C)C)cc1. The van der Waals surface area contributed by atoms with Gasteiger partial charge in [-0.25, -0.2) is 4.79 Å². The van der Waals surface area contributed by atoms with Gasteiger partial charge in [-0.1, -0.05) is 38.1 Å². The topological polar surface area (TPSA) is 63.6 Å². The van der Waals surface area contributed by atoms with E-state index in [1.165, 1.54) is 46.5 Å². The Balaban J connectivity index is 1.57. The van der Waals surface area contributed by atoms with Gasteiger partial charge in [0.1, 0.15) is 5.00 Å². The Morgan fingerprint density at radius 3 is 2.63 bits per heavy atom. The fraction of sp³-hybridized carbons (Fsp3) is 0.429. The highest BCUT2D eigenvalue weighted by atomic mass is 32.1. The molecule has 184 valence electrons. The van der Waals surface area contributed by atoms with Crippen LogP contribution in [0.5, 0.6) is 0 Å². The number of urea groups is 1. The number of aromatic nitrogens is 1. The van der Waals surface area contributed by atoms with Gasteiger partial charge in [0, 0.05) is 23.2 Å². The predicted octanol–water partition coefficient (Wildman–Crippen LogP) is 5.72. The third-order valence-electron chi connectivity index (χ3n) is 7.19.